The number of alkyl halides is 3. The van der Waals surface area contributed by atoms with E-state index in [9.17, 15) is 13.2 Å². The molecule has 2 aromatic heterocycles. The summed E-state index contributed by atoms with van der Waals surface area (Å²) < 4.78 is 47.7. The van der Waals surface area contributed by atoms with Crippen LogP contribution in [0.4, 0.5) is 13.2 Å². The molecule has 1 N–H and O–H groups in total. The molecular formula is C22H17F3N6O. The number of H-pyrrole nitrogens is 1. The van der Waals surface area contributed by atoms with Crippen molar-refractivity contribution < 1.29 is 17.9 Å². The highest BCUT2D eigenvalue weighted by atomic mass is 19.4. The second-order valence-electron chi connectivity index (χ2n) is 7.17. The Bertz CT molecular complexity index is 1300. The summed E-state index contributed by atoms with van der Waals surface area (Å²) >= 11 is 0. The molecule has 2 heterocycles. The van der Waals surface area contributed by atoms with Crippen LogP contribution in [0, 0.1) is 25.2 Å². The van der Waals surface area contributed by atoms with Crippen LogP contribution >= 0.6 is 0 Å². The van der Waals surface area contributed by atoms with Gasteiger partial charge in [-0.05, 0) is 55.8 Å². The number of aromatic amines is 1. The Morgan fingerprint density at radius 2 is 1.81 bits per heavy atom. The largest absolute Gasteiger partial charge is 0.489 e. The van der Waals surface area contributed by atoms with E-state index in [2.05, 4.69) is 20.5 Å². The monoisotopic (exact) mass is 438 g/mol. The van der Waals surface area contributed by atoms with E-state index >= 15 is 0 Å². The zero-order valence-electron chi connectivity index (χ0n) is 17.1. The number of hydrogen-bond donors (Lipinski definition) is 1. The van der Waals surface area contributed by atoms with Crippen LogP contribution in [0.2, 0.25) is 0 Å². The first-order valence-corrected chi connectivity index (χ1v) is 9.53. The predicted octanol–water partition coefficient (Wildman–Crippen LogP) is 4.74. The third-order valence-corrected chi connectivity index (χ3v) is 4.76. The third kappa shape index (κ3) is 4.32. The molecule has 0 amide bonds. The van der Waals surface area contributed by atoms with E-state index in [1.807, 2.05) is 48.9 Å². The van der Waals surface area contributed by atoms with Crippen molar-refractivity contribution >= 4 is 0 Å². The molecule has 4 rings (SSSR count). The van der Waals surface area contributed by atoms with Gasteiger partial charge in [0.2, 0.25) is 0 Å². The van der Waals surface area contributed by atoms with Crippen molar-refractivity contribution in [2.45, 2.75) is 26.6 Å². The van der Waals surface area contributed by atoms with E-state index < -0.39 is 11.7 Å². The van der Waals surface area contributed by atoms with Crippen molar-refractivity contribution in [3.8, 4) is 28.8 Å². The van der Waals surface area contributed by atoms with E-state index in [0.717, 1.165) is 34.8 Å². The van der Waals surface area contributed by atoms with Crippen LogP contribution in [-0.2, 0) is 12.8 Å². The van der Waals surface area contributed by atoms with E-state index in [-0.39, 0.29) is 29.3 Å². The van der Waals surface area contributed by atoms with Crippen molar-refractivity contribution in [1.29, 1.82) is 5.26 Å². The molecule has 10 heteroatoms. The van der Waals surface area contributed by atoms with Gasteiger partial charge in [-0.15, -0.1) is 5.10 Å². The lowest BCUT2D eigenvalue weighted by Crippen LogP contribution is -2.06. The Morgan fingerprint density at radius 3 is 2.44 bits per heavy atom. The molecule has 0 fully saturated rings. The van der Waals surface area contributed by atoms with E-state index in [0.29, 0.717) is 0 Å². The summed E-state index contributed by atoms with van der Waals surface area (Å²) in [7, 11) is 0. The number of nitriles is 1. The number of aromatic nitrogens is 5. The van der Waals surface area contributed by atoms with Crippen molar-refractivity contribution in [3.63, 3.8) is 0 Å². The molecule has 2 aromatic carbocycles. The molecule has 7 nitrogen and oxygen atoms in total. The predicted molar refractivity (Wildman–Crippen MR) is 109 cm³/mol. The highest BCUT2D eigenvalue weighted by Crippen LogP contribution is 2.36. The first-order valence-electron chi connectivity index (χ1n) is 9.53. The van der Waals surface area contributed by atoms with Gasteiger partial charge in [0.1, 0.15) is 24.1 Å². The summed E-state index contributed by atoms with van der Waals surface area (Å²) in [5.74, 6) is 0.00402. The molecule has 4 aromatic rings. The first kappa shape index (κ1) is 21.1. The fourth-order valence-corrected chi connectivity index (χ4v) is 3.28. The Labute approximate surface area is 181 Å². The summed E-state index contributed by atoms with van der Waals surface area (Å²) in [4.78, 5) is 0. The summed E-state index contributed by atoms with van der Waals surface area (Å²) in [6.45, 7) is 3.92. The van der Waals surface area contributed by atoms with Crippen molar-refractivity contribution in [3.05, 3.63) is 76.7 Å². The molecule has 0 spiro atoms. The topological polar surface area (TPSA) is 92.4 Å². The van der Waals surface area contributed by atoms with Gasteiger partial charge < -0.3 is 4.74 Å². The highest BCUT2D eigenvalue weighted by Gasteiger charge is 2.32. The Kier molecular flexibility index (Phi) is 5.40. The number of halogens is 3. The van der Waals surface area contributed by atoms with Crippen LogP contribution in [0.3, 0.4) is 0 Å². The van der Waals surface area contributed by atoms with E-state index in [4.69, 9.17) is 10.00 Å². The molecule has 0 unspecified atom stereocenters. The first-order chi connectivity index (χ1) is 15.2. The van der Waals surface area contributed by atoms with Gasteiger partial charge in [0.25, 0.3) is 0 Å². The maximum atomic E-state index is 13.4. The summed E-state index contributed by atoms with van der Waals surface area (Å²) in [5.41, 5.74) is 2.64. The van der Waals surface area contributed by atoms with Crippen LogP contribution in [0.25, 0.3) is 16.9 Å². The number of ether oxygens (including phenoxy) is 1. The molecule has 0 radical (unpaired) electrons. The summed E-state index contributed by atoms with van der Waals surface area (Å²) in [6.07, 6.45) is -4.59. The second kappa shape index (κ2) is 8.19. The van der Waals surface area contributed by atoms with Crippen LogP contribution in [0.15, 0.2) is 48.5 Å². The second-order valence-corrected chi connectivity index (χ2v) is 7.17. The Hall–Kier alpha value is -4.13. The van der Waals surface area contributed by atoms with Gasteiger partial charge in [-0.25, -0.2) is 4.68 Å². The highest BCUT2D eigenvalue weighted by molar-refractivity contribution is 5.67. The van der Waals surface area contributed by atoms with Crippen molar-refractivity contribution in [2.24, 2.45) is 0 Å². The summed E-state index contributed by atoms with van der Waals surface area (Å²) in [5, 5.41) is 23.2. The van der Waals surface area contributed by atoms with E-state index in [1.165, 1.54) is 6.07 Å². The molecule has 32 heavy (non-hydrogen) atoms. The number of benzene rings is 2. The Balaban J connectivity index is 1.58. The number of hydrogen-bond acceptors (Lipinski definition) is 5. The molecular weight excluding hydrogens is 421 g/mol. The SMILES string of the molecule is Cc1cc(C)n(-c2ccc(COc3cc(-c4n[nH]nc4C#N)cc(C(F)(F)F)c3)cc2)n1. The minimum atomic E-state index is -4.59. The Morgan fingerprint density at radius 1 is 1.06 bits per heavy atom. The molecule has 0 aliphatic carbocycles. The van der Waals surface area contributed by atoms with Crippen LogP contribution < -0.4 is 4.74 Å². The molecule has 0 aliphatic rings. The van der Waals surface area contributed by atoms with E-state index in [1.54, 1.807) is 6.07 Å². The normalized spacial score (nSPS) is 11.4. The molecule has 0 saturated heterocycles. The third-order valence-electron chi connectivity index (χ3n) is 4.76. The maximum Gasteiger partial charge on any atom is 0.416 e. The zero-order chi connectivity index (χ0) is 22.9. The van der Waals surface area contributed by atoms with Crippen molar-refractivity contribution in [2.75, 3.05) is 0 Å². The standard InChI is InChI=1S/C22H17F3N6O/c1-13-7-14(2)31(29-13)18-5-3-15(4-6-18)12-32-19-9-16(8-17(10-19)22(23,24)25)21-20(11-26)27-30-28-21/h3-10H,12H2,1-2H3,(H,27,28,30). The molecule has 0 saturated carbocycles. The van der Waals surface area contributed by atoms with Gasteiger partial charge in [0.05, 0.1) is 16.9 Å². The quantitative estimate of drug-likeness (QED) is 0.486. The fraction of sp³-hybridized carbons (Fsp3) is 0.182. The van der Waals surface area contributed by atoms with Gasteiger partial charge in [-0.1, -0.05) is 12.1 Å². The smallest absolute Gasteiger partial charge is 0.416 e. The van der Waals surface area contributed by atoms with Gasteiger partial charge in [-0.2, -0.15) is 33.8 Å². The number of nitrogens with one attached hydrogen (secondary N) is 1. The van der Waals surface area contributed by atoms with Crippen LogP contribution in [0.5, 0.6) is 5.75 Å². The van der Waals surface area contributed by atoms with Crippen LogP contribution in [-0.4, -0.2) is 25.2 Å². The lowest BCUT2D eigenvalue weighted by Gasteiger charge is -2.13. The summed E-state index contributed by atoms with van der Waals surface area (Å²) in [6, 6.07) is 14.4. The lowest BCUT2D eigenvalue weighted by atomic mass is 10.1. The van der Waals surface area contributed by atoms with Gasteiger partial charge in [0, 0.05) is 11.3 Å². The average molecular weight is 438 g/mol. The molecule has 162 valence electrons. The number of rotatable bonds is 5. The van der Waals surface area contributed by atoms with Crippen LogP contribution in [0.1, 0.15) is 28.2 Å². The van der Waals surface area contributed by atoms with Gasteiger partial charge in [-0.3, -0.25) is 0 Å². The van der Waals surface area contributed by atoms with Crippen molar-refractivity contribution in [1.82, 2.24) is 25.2 Å². The average Bonchev–Trinajstić information content (AvgIpc) is 3.37. The number of nitrogens with zero attached hydrogens (tertiary/aromatic N) is 5. The van der Waals surface area contributed by atoms with Gasteiger partial charge in [0.15, 0.2) is 5.69 Å². The number of aryl methyl sites for hydroxylation is 2. The maximum absolute atomic E-state index is 13.4. The minimum absolute atomic E-state index is 0.00402. The molecule has 0 bridgehead atoms. The van der Waals surface area contributed by atoms with Gasteiger partial charge >= 0.3 is 6.18 Å². The molecule has 0 aliphatic heterocycles. The minimum Gasteiger partial charge on any atom is -0.489 e. The molecule has 0 atom stereocenters. The zero-order valence-corrected chi connectivity index (χ0v) is 17.1. The fourth-order valence-electron chi connectivity index (χ4n) is 3.28. The lowest BCUT2D eigenvalue weighted by molar-refractivity contribution is -0.137.